The van der Waals surface area contributed by atoms with Gasteiger partial charge in [-0.25, -0.2) is 13.4 Å². The Bertz CT molecular complexity index is 1050. The van der Waals surface area contributed by atoms with E-state index in [4.69, 9.17) is 21.1 Å². The molecule has 3 aromatic rings. The van der Waals surface area contributed by atoms with Crippen LogP contribution in [0.25, 0.3) is 16.9 Å². The van der Waals surface area contributed by atoms with Gasteiger partial charge in [-0.2, -0.15) is 0 Å². The van der Waals surface area contributed by atoms with Crippen molar-refractivity contribution in [3.8, 4) is 28.4 Å². The third-order valence-corrected chi connectivity index (χ3v) is 5.45. The summed E-state index contributed by atoms with van der Waals surface area (Å²) >= 11 is 6.38. The van der Waals surface area contributed by atoms with Crippen molar-refractivity contribution in [3.63, 3.8) is 0 Å². The van der Waals surface area contributed by atoms with Crippen LogP contribution in [0.5, 0.6) is 11.5 Å². The lowest BCUT2D eigenvalue weighted by Gasteiger charge is -2.13. The van der Waals surface area contributed by atoms with Crippen molar-refractivity contribution in [2.75, 3.05) is 19.5 Å². The molecule has 0 amide bonds. The van der Waals surface area contributed by atoms with E-state index in [9.17, 15) is 8.42 Å². The van der Waals surface area contributed by atoms with Crippen LogP contribution in [-0.2, 0) is 9.84 Å². The van der Waals surface area contributed by atoms with Crippen molar-refractivity contribution in [2.24, 2.45) is 0 Å². The summed E-state index contributed by atoms with van der Waals surface area (Å²) in [6.07, 6.45) is 2.77. The Morgan fingerprint density at radius 2 is 1.57 bits per heavy atom. The van der Waals surface area contributed by atoms with Gasteiger partial charge in [-0.15, -0.1) is 0 Å². The zero-order valence-corrected chi connectivity index (χ0v) is 17.4. The quantitative estimate of drug-likeness (QED) is 0.566. The first-order valence-electron chi connectivity index (χ1n) is 8.78. The molecule has 0 radical (unpaired) electrons. The fourth-order valence-corrected chi connectivity index (χ4v) is 3.72. The second-order valence-electron chi connectivity index (χ2n) is 6.08. The predicted octanol–water partition coefficient (Wildman–Crippen LogP) is 4.39. The minimum absolute atomic E-state index is 0.251. The highest BCUT2D eigenvalue weighted by Gasteiger charge is 2.16. The van der Waals surface area contributed by atoms with Crippen molar-refractivity contribution < 1.29 is 17.9 Å². The lowest BCUT2D eigenvalue weighted by molar-refractivity contribution is 0.323. The predicted molar refractivity (Wildman–Crippen MR) is 109 cm³/mol. The summed E-state index contributed by atoms with van der Waals surface area (Å²) in [6, 6.07) is 12.1. The molecule has 0 saturated heterocycles. The number of aromatic nitrogens is 2. The van der Waals surface area contributed by atoms with Crippen molar-refractivity contribution in [2.45, 2.75) is 18.7 Å². The average molecular weight is 421 g/mol. The Labute approximate surface area is 169 Å². The van der Waals surface area contributed by atoms with Crippen LogP contribution in [0.1, 0.15) is 13.8 Å². The van der Waals surface area contributed by atoms with Crippen LogP contribution in [0.15, 0.2) is 53.7 Å². The Hall–Kier alpha value is -2.51. The number of hydrogen-bond donors (Lipinski definition) is 0. The normalized spacial score (nSPS) is 11.4. The summed E-state index contributed by atoms with van der Waals surface area (Å²) in [4.78, 5) is 4.47. The van der Waals surface area contributed by atoms with E-state index in [-0.39, 0.29) is 4.90 Å². The first kappa shape index (κ1) is 20.2. The second-order valence-corrected chi connectivity index (χ2v) is 8.45. The van der Waals surface area contributed by atoms with Gasteiger partial charge in [-0.1, -0.05) is 11.6 Å². The lowest BCUT2D eigenvalue weighted by Crippen LogP contribution is -2.00. The molecule has 0 aliphatic carbocycles. The molecule has 0 bridgehead atoms. The summed E-state index contributed by atoms with van der Waals surface area (Å²) < 4.78 is 36.5. The van der Waals surface area contributed by atoms with Gasteiger partial charge >= 0.3 is 0 Å². The first-order valence-corrected chi connectivity index (χ1v) is 11.0. The fourth-order valence-electron chi connectivity index (χ4n) is 2.84. The van der Waals surface area contributed by atoms with Gasteiger partial charge in [0.15, 0.2) is 15.0 Å². The van der Waals surface area contributed by atoms with Crippen LogP contribution in [0.2, 0.25) is 5.15 Å². The van der Waals surface area contributed by atoms with Gasteiger partial charge in [0.05, 0.1) is 23.8 Å². The molecule has 3 rings (SSSR count). The van der Waals surface area contributed by atoms with E-state index >= 15 is 0 Å². The maximum absolute atomic E-state index is 11.7. The van der Waals surface area contributed by atoms with Gasteiger partial charge in [0.1, 0.15) is 17.8 Å². The molecule has 0 fully saturated rings. The molecule has 0 atom stereocenters. The SMILES string of the molecule is CCOc1cc(OCC)cc(-c2c(Cl)ncn2-c2ccc(S(C)(=O)=O)cc2)c1. The van der Waals surface area contributed by atoms with E-state index in [0.717, 1.165) is 11.3 Å². The Balaban J connectivity index is 2.11. The summed E-state index contributed by atoms with van der Waals surface area (Å²) in [5, 5.41) is 0.322. The number of halogens is 1. The molecule has 0 aliphatic heterocycles. The topological polar surface area (TPSA) is 70.4 Å². The Kier molecular flexibility index (Phi) is 5.96. The standard InChI is InChI=1S/C20H21ClN2O4S/c1-4-26-16-10-14(11-17(12-16)27-5-2)19-20(21)22-13-23(19)15-6-8-18(9-7-15)28(3,24)25/h6-13H,4-5H2,1-3H3. The summed E-state index contributed by atoms with van der Waals surface area (Å²) in [5.74, 6) is 1.33. The van der Waals surface area contributed by atoms with Gasteiger partial charge in [0.25, 0.3) is 0 Å². The third kappa shape index (κ3) is 4.31. The summed E-state index contributed by atoms with van der Waals surface area (Å²) in [5.41, 5.74) is 2.18. The molecule has 0 unspecified atom stereocenters. The van der Waals surface area contributed by atoms with Crippen LogP contribution in [0, 0.1) is 0 Å². The van der Waals surface area contributed by atoms with Crippen LogP contribution in [0.3, 0.4) is 0 Å². The van der Waals surface area contributed by atoms with Crippen molar-refractivity contribution in [1.29, 1.82) is 0 Å². The Morgan fingerprint density at radius 1 is 1.00 bits per heavy atom. The number of hydrogen-bond acceptors (Lipinski definition) is 5. The smallest absolute Gasteiger partial charge is 0.175 e. The monoisotopic (exact) mass is 420 g/mol. The number of ether oxygens (including phenoxy) is 2. The maximum Gasteiger partial charge on any atom is 0.175 e. The van der Waals surface area contributed by atoms with Crippen molar-refractivity contribution in [3.05, 3.63) is 53.9 Å². The molecule has 6 nitrogen and oxygen atoms in total. The zero-order valence-electron chi connectivity index (χ0n) is 15.8. The zero-order chi connectivity index (χ0) is 20.3. The van der Waals surface area contributed by atoms with E-state index < -0.39 is 9.84 Å². The second kappa shape index (κ2) is 8.24. The molecule has 2 aromatic carbocycles. The molecule has 148 valence electrons. The Morgan fingerprint density at radius 3 is 2.07 bits per heavy atom. The van der Waals surface area contributed by atoms with Crippen molar-refractivity contribution >= 4 is 21.4 Å². The average Bonchev–Trinajstić information content (AvgIpc) is 3.03. The van der Waals surface area contributed by atoms with Crippen molar-refractivity contribution in [1.82, 2.24) is 9.55 Å². The summed E-state index contributed by atoms with van der Waals surface area (Å²) in [7, 11) is -3.27. The third-order valence-electron chi connectivity index (χ3n) is 4.04. The van der Waals surface area contributed by atoms with Gasteiger partial charge in [-0.05, 0) is 50.2 Å². The van der Waals surface area contributed by atoms with Gasteiger partial charge in [-0.3, -0.25) is 4.57 Å². The molecular weight excluding hydrogens is 400 g/mol. The maximum atomic E-state index is 11.7. The summed E-state index contributed by atoms with van der Waals surface area (Å²) in [6.45, 7) is 4.87. The van der Waals surface area contributed by atoms with Crippen LogP contribution in [0.4, 0.5) is 0 Å². The number of rotatable bonds is 7. The lowest BCUT2D eigenvalue weighted by atomic mass is 10.1. The van der Waals surface area contributed by atoms with E-state index in [1.807, 2.05) is 32.0 Å². The van der Waals surface area contributed by atoms with Crippen LogP contribution >= 0.6 is 11.6 Å². The van der Waals surface area contributed by atoms with Gasteiger partial charge < -0.3 is 9.47 Å². The molecule has 0 saturated carbocycles. The number of nitrogens with zero attached hydrogens (tertiary/aromatic N) is 2. The molecule has 8 heteroatoms. The fraction of sp³-hybridized carbons (Fsp3) is 0.250. The van der Waals surface area contributed by atoms with E-state index in [1.54, 1.807) is 35.2 Å². The highest BCUT2D eigenvalue weighted by molar-refractivity contribution is 7.90. The van der Waals surface area contributed by atoms with E-state index in [0.29, 0.717) is 35.6 Å². The first-order chi connectivity index (χ1) is 13.3. The molecule has 1 aromatic heterocycles. The van der Waals surface area contributed by atoms with E-state index in [2.05, 4.69) is 4.98 Å². The number of benzene rings is 2. The molecule has 0 N–H and O–H groups in total. The van der Waals surface area contributed by atoms with Crippen LogP contribution < -0.4 is 9.47 Å². The molecule has 0 spiro atoms. The molecule has 0 aliphatic rings. The van der Waals surface area contributed by atoms with Crippen LogP contribution in [-0.4, -0.2) is 37.4 Å². The highest BCUT2D eigenvalue weighted by Crippen LogP contribution is 2.35. The molecule has 1 heterocycles. The largest absolute Gasteiger partial charge is 0.494 e. The minimum atomic E-state index is -3.27. The number of imidazole rings is 1. The minimum Gasteiger partial charge on any atom is -0.494 e. The van der Waals surface area contributed by atoms with Gasteiger partial charge in [0.2, 0.25) is 0 Å². The van der Waals surface area contributed by atoms with E-state index in [1.165, 1.54) is 6.26 Å². The molecule has 28 heavy (non-hydrogen) atoms. The highest BCUT2D eigenvalue weighted by atomic mass is 35.5. The number of sulfone groups is 1. The molecular formula is C20H21ClN2O4S. The van der Waals surface area contributed by atoms with Gasteiger partial charge in [0, 0.05) is 23.6 Å².